The number of nitriles is 6. The number of aromatic nitrogens is 6. The number of anilines is 17. The zero-order chi connectivity index (χ0) is 101. The Morgan fingerprint density at radius 1 is 0.220 bits per heavy atom. The molecule has 27 rings (SSSR count). The van der Waals surface area contributed by atoms with Crippen LogP contribution in [0, 0.1) is 73.9 Å². The van der Waals surface area contributed by atoms with Crippen LogP contribution in [0.3, 0.4) is 0 Å². The standard InChI is InChI=1S/C44H30N6.C42H24N6O2.C42H24N6S2/c45-27-37-43(29-17-21-35(22-18-29)49-39-13-5-1-9-31(39)25-32-10-2-6-14-40(32)49)47-38(28-46)44(48-37)30-19-23-36(24-20-30)50-41-15-7-3-11-33(41)26-34-12-4-8-16-42(34)50;2*43-25-31-41(27-17-21-29(22-18-27)47-33-9-1-5-13-37(33)49-38-14-6-2-10-34(38)47)45-32(26-44)42(46-31)28-19-23-30(24-20-28)48-35-11-3-7-15-39(35)50-40-16-8-4-12-36(40)48/h1-24,31,39H,25-26H2;2*1-24H. The maximum atomic E-state index is 10.2. The van der Waals surface area contributed by atoms with E-state index in [1.165, 1.54) is 42.0 Å². The van der Waals surface area contributed by atoms with Gasteiger partial charge in [-0.1, -0.05) is 272 Å². The highest BCUT2D eigenvalue weighted by Crippen LogP contribution is 2.57. The number of para-hydroxylation sites is 15. The maximum absolute atomic E-state index is 10.2. The summed E-state index contributed by atoms with van der Waals surface area (Å²) in [4.78, 5) is 46.4. The number of rotatable bonds is 12. The van der Waals surface area contributed by atoms with Gasteiger partial charge in [0.1, 0.15) is 70.6 Å². The van der Waals surface area contributed by atoms with Gasteiger partial charge in [0.2, 0.25) is 0 Å². The predicted molar refractivity (Wildman–Crippen MR) is 589 cm³/mol. The fourth-order valence-electron chi connectivity index (χ4n) is 20.7. The number of hydrogen-bond donors (Lipinski definition) is 0. The van der Waals surface area contributed by atoms with Gasteiger partial charge in [-0.15, -0.1) is 0 Å². The molecular weight excluding hydrogens is 1890 g/mol. The van der Waals surface area contributed by atoms with E-state index >= 15 is 0 Å². The van der Waals surface area contributed by atoms with Crippen LogP contribution in [0.25, 0.3) is 67.5 Å². The molecule has 6 aliphatic heterocycles. The summed E-state index contributed by atoms with van der Waals surface area (Å²) >= 11 is 3.52. The minimum absolute atomic E-state index is 0.133. The molecule has 0 radical (unpaired) electrons. The fraction of sp³-hybridized carbons (Fsp3) is 0.0312. The lowest BCUT2D eigenvalue weighted by atomic mass is 9.82. The first-order chi connectivity index (χ1) is 74.1. The molecule has 9 heterocycles. The smallest absolute Gasteiger partial charge is 0.167 e. The first kappa shape index (κ1) is 90.8. The summed E-state index contributed by atoms with van der Waals surface area (Å²) in [5.74, 6) is 3.42. The minimum Gasteiger partial charge on any atom is -0.453 e. The van der Waals surface area contributed by atoms with Crippen LogP contribution in [0.2, 0.25) is 0 Å². The van der Waals surface area contributed by atoms with Gasteiger partial charge in [-0.05, 0) is 211 Å². The van der Waals surface area contributed by atoms with Crippen LogP contribution in [0.15, 0.2) is 456 Å². The number of benzene rings is 17. The van der Waals surface area contributed by atoms with Gasteiger partial charge < -0.3 is 38.9 Å². The number of allylic oxidation sites excluding steroid dienone is 2. The summed E-state index contributed by atoms with van der Waals surface area (Å²) in [5.41, 5.74) is 28.7. The normalized spacial score (nSPS) is 13.8. The van der Waals surface area contributed by atoms with Gasteiger partial charge in [-0.2, -0.15) is 31.6 Å². The van der Waals surface area contributed by atoms with E-state index in [9.17, 15) is 31.6 Å². The van der Waals surface area contributed by atoms with Crippen molar-refractivity contribution < 1.29 is 9.47 Å². The molecule has 7 aliphatic rings. The van der Waals surface area contributed by atoms with E-state index in [1.807, 2.05) is 255 Å². The fourth-order valence-corrected chi connectivity index (χ4v) is 22.8. The Kier molecular flexibility index (Phi) is 23.6. The van der Waals surface area contributed by atoms with E-state index in [1.54, 1.807) is 23.5 Å². The summed E-state index contributed by atoms with van der Waals surface area (Å²) in [5, 5.41) is 61.4. The number of ether oxygens (including phenoxy) is 2. The van der Waals surface area contributed by atoms with Gasteiger partial charge in [0, 0.05) is 116 Å². The second-order valence-electron chi connectivity index (χ2n) is 36.2. The van der Waals surface area contributed by atoms with Gasteiger partial charge in [-0.25, -0.2) is 29.9 Å². The van der Waals surface area contributed by atoms with Crippen molar-refractivity contribution in [3.8, 4) is 127 Å². The second kappa shape index (κ2) is 39.0. The number of nitrogens with zero attached hydrogens (tertiary/aromatic N) is 18. The molecule has 0 N–H and O–H groups in total. The minimum atomic E-state index is 0.133. The van der Waals surface area contributed by atoms with Crippen LogP contribution in [0.4, 0.5) is 96.7 Å². The van der Waals surface area contributed by atoms with Gasteiger partial charge in [0.15, 0.2) is 57.2 Å². The van der Waals surface area contributed by atoms with Crippen molar-refractivity contribution >= 4 is 120 Å². The van der Waals surface area contributed by atoms with Gasteiger partial charge in [-0.3, -0.25) is 0 Å². The average molecular weight is 1960 g/mol. The van der Waals surface area contributed by atoms with Crippen LogP contribution < -0.4 is 38.9 Å². The molecule has 2 atom stereocenters. The molecule has 17 aromatic carbocycles. The summed E-state index contributed by atoms with van der Waals surface area (Å²) in [6.45, 7) is 0. The molecule has 0 amide bonds. The first-order valence-corrected chi connectivity index (χ1v) is 50.3. The van der Waals surface area contributed by atoms with Gasteiger partial charge >= 0.3 is 0 Å². The SMILES string of the molecule is N#Cc1nc(-c2ccc(N3c4ccccc4CC4C=CC=CC43)cc2)c(C#N)nc1-c1ccc(N2c3ccccc3Cc3ccccc32)cc1.N#Cc1nc(-c2ccc(N3c4ccccc4Oc4ccccc43)cc2)c(C#N)nc1-c1ccc(N2c3ccccc3Oc3ccccc32)cc1.N#Cc1nc(-c2ccc(N3c4ccccc4Sc4ccccc43)cc2)c(C#N)nc1-c1ccc(N2c3ccccc3Sc3ccccc32)cc1. The molecule has 704 valence electrons. The van der Waals surface area contributed by atoms with E-state index in [-0.39, 0.29) is 40.2 Å². The Bertz CT molecular complexity index is 8240. The highest BCUT2D eigenvalue weighted by Gasteiger charge is 2.37. The van der Waals surface area contributed by atoms with E-state index < -0.39 is 0 Å². The molecule has 2 unspecified atom stereocenters. The molecule has 0 bridgehead atoms. The lowest BCUT2D eigenvalue weighted by Gasteiger charge is -2.42. The molecule has 1 aliphatic carbocycles. The maximum Gasteiger partial charge on any atom is 0.167 e. The molecule has 22 heteroatoms. The van der Waals surface area contributed by atoms with Gasteiger partial charge in [0.25, 0.3) is 0 Å². The summed E-state index contributed by atoms with van der Waals surface area (Å²) in [6, 6.07) is 151. The topological polar surface area (TPSA) is 258 Å². The van der Waals surface area contributed by atoms with Crippen molar-refractivity contribution in [3.05, 3.63) is 488 Å². The molecule has 3 aromatic heterocycles. The lowest BCUT2D eigenvalue weighted by Crippen LogP contribution is -2.41. The van der Waals surface area contributed by atoms with Crippen molar-refractivity contribution in [1.82, 2.24) is 29.9 Å². The first-order valence-electron chi connectivity index (χ1n) is 48.7. The average Bonchev–Trinajstić information content (AvgIpc) is 1.06. The molecular formula is C128H78N18O2S2. The third-order valence-electron chi connectivity index (χ3n) is 27.5. The Balaban J connectivity index is 0.000000116. The van der Waals surface area contributed by atoms with Crippen molar-refractivity contribution in [3.63, 3.8) is 0 Å². The highest BCUT2D eigenvalue weighted by atomic mass is 32.2. The van der Waals surface area contributed by atoms with Crippen molar-refractivity contribution in [2.24, 2.45) is 5.92 Å². The van der Waals surface area contributed by atoms with Crippen molar-refractivity contribution in [2.45, 2.75) is 38.5 Å². The molecule has 0 saturated carbocycles. The molecule has 0 saturated heterocycles. The van der Waals surface area contributed by atoms with E-state index in [4.69, 9.17) is 29.4 Å². The zero-order valence-corrected chi connectivity index (χ0v) is 81.5. The molecule has 150 heavy (non-hydrogen) atoms. The van der Waals surface area contributed by atoms with Crippen LogP contribution in [-0.4, -0.2) is 35.9 Å². The molecule has 20 aromatic rings. The zero-order valence-electron chi connectivity index (χ0n) is 79.8. The van der Waals surface area contributed by atoms with Crippen LogP contribution in [-0.2, 0) is 12.8 Å². The van der Waals surface area contributed by atoms with Gasteiger partial charge in [0.05, 0.1) is 51.5 Å². The van der Waals surface area contributed by atoms with E-state index in [2.05, 4.69) is 258 Å². The Hall–Kier alpha value is -20.5. The van der Waals surface area contributed by atoms with Crippen molar-refractivity contribution in [1.29, 1.82) is 31.6 Å². The lowest BCUT2D eigenvalue weighted by molar-refractivity contribution is 0.477. The quantitative estimate of drug-likeness (QED) is 0.110. The summed E-state index contributed by atoms with van der Waals surface area (Å²) in [6.07, 6.45) is 10.7. The molecule has 0 fully saturated rings. The molecule has 0 spiro atoms. The predicted octanol–water partition coefficient (Wildman–Crippen LogP) is 31.9. The summed E-state index contributed by atoms with van der Waals surface area (Å²) < 4.78 is 12.3. The molecule has 20 nitrogen and oxygen atoms in total. The third-order valence-corrected chi connectivity index (χ3v) is 29.8. The Morgan fingerprint density at radius 3 is 0.727 bits per heavy atom. The summed E-state index contributed by atoms with van der Waals surface area (Å²) in [7, 11) is 0. The number of fused-ring (bicyclic) bond motifs is 12. The van der Waals surface area contributed by atoms with Crippen molar-refractivity contribution in [2.75, 3.05) is 29.4 Å². The third kappa shape index (κ3) is 16.5. The Morgan fingerprint density at radius 2 is 0.440 bits per heavy atom. The number of hydrogen-bond acceptors (Lipinski definition) is 22. The van der Waals surface area contributed by atoms with E-state index in [0.717, 1.165) is 138 Å². The second-order valence-corrected chi connectivity index (χ2v) is 38.4. The monoisotopic (exact) mass is 1960 g/mol. The Labute approximate surface area is 873 Å². The highest BCUT2D eigenvalue weighted by molar-refractivity contribution is 8.00. The van der Waals surface area contributed by atoms with E-state index in [0.29, 0.717) is 62.3 Å². The van der Waals surface area contributed by atoms with Crippen LogP contribution in [0.1, 0.15) is 50.9 Å². The van der Waals surface area contributed by atoms with Crippen LogP contribution in [0.5, 0.6) is 23.0 Å². The van der Waals surface area contributed by atoms with Crippen LogP contribution >= 0.6 is 23.5 Å². The largest absolute Gasteiger partial charge is 0.453 e.